The Labute approximate surface area is 185 Å². The van der Waals surface area contributed by atoms with E-state index < -0.39 is 86.1 Å². The van der Waals surface area contributed by atoms with Gasteiger partial charge in [0, 0.05) is 0 Å². The van der Waals surface area contributed by atoms with Crippen LogP contribution in [0, 0.1) is 0 Å². The Morgan fingerprint density at radius 2 is 1.75 bits per heavy atom. The van der Waals surface area contributed by atoms with Gasteiger partial charge in [-0.2, -0.15) is 0 Å². The fraction of sp³-hybridized carbons (Fsp3) is 0.944. The molecular weight excluding hydrogens is 432 g/mol. The maximum Gasteiger partial charge on any atom is 0.234 e. The molecule has 186 valence electrons. The van der Waals surface area contributed by atoms with Crippen molar-refractivity contribution in [3.8, 4) is 0 Å². The zero-order valence-corrected chi connectivity index (χ0v) is 17.9. The number of carbonyl (C=O) groups is 1. The van der Waals surface area contributed by atoms with Gasteiger partial charge in [-0.05, 0) is 20.5 Å². The van der Waals surface area contributed by atoms with Crippen LogP contribution >= 0.6 is 0 Å². The summed E-state index contributed by atoms with van der Waals surface area (Å²) in [6.07, 6.45) is -10.5. The molecule has 12 atom stereocenters. The molecular formula is C18H34N4O10. The highest BCUT2D eigenvalue weighted by molar-refractivity contribution is 5.78. The van der Waals surface area contributed by atoms with Crippen LogP contribution in [0.2, 0.25) is 0 Å². The van der Waals surface area contributed by atoms with E-state index in [1.807, 2.05) is 0 Å². The summed E-state index contributed by atoms with van der Waals surface area (Å²) in [5.41, 5.74) is 5.82. The Kier molecular flexibility index (Phi) is 8.76. The summed E-state index contributed by atoms with van der Waals surface area (Å²) in [5.74, 6) is -0.457. The summed E-state index contributed by atoms with van der Waals surface area (Å²) in [4.78, 5) is 11.9. The first-order valence-electron chi connectivity index (χ1n) is 10.5. The Balaban J connectivity index is 1.70. The van der Waals surface area contributed by atoms with Crippen LogP contribution in [0.5, 0.6) is 0 Å². The molecule has 0 bridgehead atoms. The normalized spacial score (nSPS) is 47.0. The van der Waals surface area contributed by atoms with E-state index in [1.54, 1.807) is 14.1 Å². The average molecular weight is 466 g/mol. The van der Waals surface area contributed by atoms with Gasteiger partial charge >= 0.3 is 0 Å². The highest BCUT2D eigenvalue weighted by Crippen LogP contribution is 2.33. The minimum Gasteiger partial charge on any atom is -0.394 e. The van der Waals surface area contributed by atoms with E-state index in [9.17, 15) is 30.3 Å². The molecule has 0 aromatic carbocycles. The first-order chi connectivity index (χ1) is 15.2. The van der Waals surface area contributed by atoms with Gasteiger partial charge in [0.15, 0.2) is 18.9 Å². The summed E-state index contributed by atoms with van der Waals surface area (Å²) in [7, 11) is 3.12. The van der Waals surface area contributed by atoms with Gasteiger partial charge in [0.25, 0.3) is 0 Å². The summed E-state index contributed by atoms with van der Waals surface area (Å²) < 4.78 is 22.7. The molecule has 14 nitrogen and oxygen atoms in total. The van der Waals surface area contributed by atoms with Crippen molar-refractivity contribution in [1.29, 1.82) is 0 Å². The summed E-state index contributed by atoms with van der Waals surface area (Å²) in [6, 6.07) is -2.65. The number of fused-ring (bicyclic) bond motifs is 1. The second-order valence-electron chi connectivity index (χ2n) is 8.21. The fourth-order valence-electron chi connectivity index (χ4n) is 4.26. The third-order valence-corrected chi connectivity index (χ3v) is 5.99. The maximum absolute atomic E-state index is 11.9. The molecule has 3 fully saturated rings. The van der Waals surface area contributed by atoms with Crippen LogP contribution in [0.25, 0.3) is 0 Å². The highest BCUT2D eigenvalue weighted by atomic mass is 16.8. The molecule has 10 N–H and O–H groups in total. The number of nitrogens with two attached hydrogens (primary N) is 1. The van der Waals surface area contributed by atoms with Crippen molar-refractivity contribution in [1.82, 2.24) is 16.0 Å². The fourth-order valence-corrected chi connectivity index (χ4v) is 4.26. The SMILES string of the molecule is CNCC(=O)NC1C(CO)OC(OC2O[C@H]3C[C@H](N)C(O)OC3C(O)C2NC)C(O)C1O. The number of nitrogens with one attached hydrogen (secondary N) is 3. The number of ether oxygens (including phenoxy) is 4. The molecule has 0 aromatic heterocycles. The van der Waals surface area contributed by atoms with Gasteiger partial charge in [-0.15, -0.1) is 0 Å². The van der Waals surface area contributed by atoms with Gasteiger partial charge in [-0.3, -0.25) is 4.79 Å². The lowest BCUT2D eigenvalue weighted by molar-refractivity contribution is -0.368. The number of amides is 1. The van der Waals surface area contributed by atoms with Crippen LogP contribution < -0.4 is 21.7 Å². The van der Waals surface area contributed by atoms with Gasteiger partial charge in [-0.1, -0.05) is 0 Å². The number of likely N-dealkylation sites (N-methyl/N-ethyl adjacent to an activating group) is 2. The molecule has 3 aliphatic heterocycles. The summed E-state index contributed by atoms with van der Waals surface area (Å²) in [5, 5.41) is 59.4. The van der Waals surface area contributed by atoms with Crippen molar-refractivity contribution < 1.29 is 49.3 Å². The number of aliphatic hydroxyl groups is 5. The number of hydrogen-bond donors (Lipinski definition) is 9. The second-order valence-corrected chi connectivity index (χ2v) is 8.21. The molecule has 3 heterocycles. The molecule has 0 aromatic rings. The molecule has 0 radical (unpaired) electrons. The van der Waals surface area contributed by atoms with Crippen molar-refractivity contribution in [3.63, 3.8) is 0 Å². The number of carbonyl (C=O) groups excluding carboxylic acids is 1. The summed E-state index contributed by atoms with van der Waals surface area (Å²) in [6.45, 7) is -0.598. The van der Waals surface area contributed by atoms with Crippen molar-refractivity contribution in [2.24, 2.45) is 5.73 Å². The minimum absolute atomic E-state index is 0.0312. The first kappa shape index (κ1) is 25.6. The Morgan fingerprint density at radius 3 is 2.38 bits per heavy atom. The zero-order valence-electron chi connectivity index (χ0n) is 17.9. The first-order valence-corrected chi connectivity index (χ1v) is 10.5. The molecule has 14 heteroatoms. The van der Waals surface area contributed by atoms with Gasteiger partial charge in [-0.25, -0.2) is 0 Å². The zero-order chi connectivity index (χ0) is 23.6. The molecule has 0 aliphatic carbocycles. The molecule has 0 saturated carbocycles. The lowest BCUT2D eigenvalue weighted by Crippen LogP contribution is -2.69. The number of rotatable bonds is 7. The lowest BCUT2D eigenvalue weighted by atomic mass is 9.90. The van der Waals surface area contributed by atoms with E-state index in [-0.39, 0.29) is 13.0 Å². The second kappa shape index (κ2) is 10.9. The lowest BCUT2D eigenvalue weighted by Gasteiger charge is -2.50. The van der Waals surface area contributed by atoms with E-state index in [4.69, 9.17) is 24.7 Å². The maximum atomic E-state index is 11.9. The monoisotopic (exact) mass is 466 g/mol. The number of aliphatic hydroxyl groups excluding tert-OH is 5. The predicted molar refractivity (Wildman–Crippen MR) is 106 cm³/mol. The molecule has 1 amide bonds. The van der Waals surface area contributed by atoms with E-state index in [1.165, 1.54) is 0 Å². The molecule has 32 heavy (non-hydrogen) atoms. The summed E-state index contributed by atoms with van der Waals surface area (Å²) >= 11 is 0. The van der Waals surface area contributed by atoms with Crippen LogP contribution in [0.3, 0.4) is 0 Å². The van der Waals surface area contributed by atoms with E-state index in [2.05, 4.69) is 16.0 Å². The van der Waals surface area contributed by atoms with Crippen LogP contribution in [-0.2, 0) is 23.7 Å². The van der Waals surface area contributed by atoms with E-state index >= 15 is 0 Å². The Morgan fingerprint density at radius 1 is 1.03 bits per heavy atom. The van der Waals surface area contributed by atoms with E-state index in [0.29, 0.717) is 0 Å². The third-order valence-electron chi connectivity index (χ3n) is 5.99. The van der Waals surface area contributed by atoms with Crippen molar-refractivity contribution >= 4 is 5.91 Å². The largest absolute Gasteiger partial charge is 0.394 e. The van der Waals surface area contributed by atoms with Crippen LogP contribution in [0.1, 0.15) is 6.42 Å². The van der Waals surface area contributed by atoms with Gasteiger partial charge in [0.1, 0.15) is 30.5 Å². The number of hydrogen-bond acceptors (Lipinski definition) is 13. The quantitative estimate of drug-likeness (QED) is 0.171. The van der Waals surface area contributed by atoms with Crippen molar-refractivity contribution in [2.75, 3.05) is 27.2 Å². The Hall–Kier alpha value is -1.01. The van der Waals surface area contributed by atoms with Gasteiger partial charge in [0.05, 0.1) is 37.4 Å². The average Bonchev–Trinajstić information content (AvgIpc) is 2.75. The smallest absolute Gasteiger partial charge is 0.234 e. The highest BCUT2D eigenvalue weighted by Gasteiger charge is 2.53. The van der Waals surface area contributed by atoms with Crippen LogP contribution in [-0.4, -0.2) is 132 Å². The standard InChI is InChI=1S/C18H34N4O10/c1-20-4-9(24)22-10-8(5-23)30-18(14(27)12(10)25)32-17-11(21-2)13(26)15-7(29-17)3-6(19)16(28)31-15/h6-8,10-18,20-21,23,25-28H,3-5,19H2,1-2H3,(H,22,24)/t6-,7-,8?,10?,11?,12?,13?,14?,15?,16?,17?,18?/m0/s1. The third kappa shape index (κ3) is 5.22. The van der Waals surface area contributed by atoms with Gasteiger partial charge in [0.2, 0.25) is 5.91 Å². The van der Waals surface area contributed by atoms with Gasteiger partial charge < -0.3 is 66.2 Å². The van der Waals surface area contributed by atoms with Crippen LogP contribution in [0.4, 0.5) is 0 Å². The molecule has 0 spiro atoms. The van der Waals surface area contributed by atoms with Crippen LogP contribution in [0.15, 0.2) is 0 Å². The molecule has 3 aliphatic rings. The Bertz CT molecular complexity index is 629. The van der Waals surface area contributed by atoms with E-state index in [0.717, 1.165) is 0 Å². The predicted octanol–water partition coefficient (Wildman–Crippen LogP) is -5.75. The topological polar surface area (TPSA) is 217 Å². The van der Waals surface area contributed by atoms with Crippen molar-refractivity contribution in [2.45, 2.75) is 80.0 Å². The minimum atomic E-state index is -1.60. The molecule has 10 unspecified atom stereocenters. The molecule has 3 saturated heterocycles. The van der Waals surface area contributed by atoms with Crippen molar-refractivity contribution in [3.05, 3.63) is 0 Å². The molecule has 3 rings (SSSR count).